The molecule has 0 spiro atoms. The molecule has 19 heavy (non-hydrogen) atoms. The van der Waals surface area contributed by atoms with Crippen molar-refractivity contribution in [1.82, 2.24) is 9.55 Å². The molecule has 3 nitrogen and oxygen atoms in total. The van der Waals surface area contributed by atoms with E-state index in [2.05, 4.69) is 72.0 Å². The van der Waals surface area contributed by atoms with Crippen LogP contribution < -0.4 is 0 Å². The quantitative estimate of drug-likeness (QED) is 0.797. The number of rotatable bonds is 1. The fourth-order valence-corrected chi connectivity index (χ4v) is 2.49. The molecule has 0 bridgehead atoms. The summed E-state index contributed by atoms with van der Waals surface area (Å²) < 4.78 is 2.39. The van der Waals surface area contributed by atoms with E-state index in [1.165, 1.54) is 5.56 Å². The topological polar surface area (TPSA) is 41.6 Å². The lowest BCUT2D eigenvalue weighted by molar-refractivity contribution is 0.590. The van der Waals surface area contributed by atoms with Crippen LogP contribution >= 0.6 is 15.9 Å². The van der Waals surface area contributed by atoms with Crippen molar-refractivity contribution in [3.63, 3.8) is 0 Å². The lowest BCUT2D eigenvalue weighted by Crippen LogP contribution is -2.10. The van der Waals surface area contributed by atoms with Crippen LogP contribution in [0.4, 0.5) is 0 Å². The van der Waals surface area contributed by atoms with E-state index in [0.717, 1.165) is 11.4 Å². The molecule has 98 valence electrons. The van der Waals surface area contributed by atoms with Crippen molar-refractivity contribution in [3.05, 3.63) is 40.1 Å². The van der Waals surface area contributed by atoms with Gasteiger partial charge in [-0.25, -0.2) is 4.98 Å². The third-order valence-corrected chi connectivity index (χ3v) is 3.72. The molecule has 0 saturated heterocycles. The van der Waals surface area contributed by atoms with E-state index in [-0.39, 0.29) is 5.41 Å². The number of hydrogen-bond acceptors (Lipinski definition) is 2. The zero-order valence-corrected chi connectivity index (χ0v) is 13.1. The monoisotopic (exact) mass is 317 g/mol. The second-order valence-electron chi connectivity index (χ2n) is 5.57. The maximum atomic E-state index is 9.07. The Balaban J connectivity index is 2.47. The van der Waals surface area contributed by atoms with Gasteiger partial charge < -0.3 is 4.57 Å². The molecule has 1 heterocycles. The standard InChI is InChI=1S/C15H16BrN3/c1-15(2,3)11-7-5-10(6-8-11)14-18-13(16)12(9-17)19(14)4/h5-8H,1-4H3. The predicted molar refractivity (Wildman–Crippen MR) is 79.8 cm³/mol. The minimum absolute atomic E-state index is 0.137. The normalized spacial score (nSPS) is 11.4. The SMILES string of the molecule is Cn1c(-c2ccc(C(C)(C)C)cc2)nc(Br)c1C#N. The average Bonchev–Trinajstić information content (AvgIpc) is 2.63. The van der Waals surface area contributed by atoms with Gasteiger partial charge in [-0.1, -0.05) is 45.0 Å². The Morgan fingerprint density at radius 3 is 2.21 bits per heavy atom. The third kappa shape index (κ3) is 2.57. The smallest absolute Gasteiger partial charge is 0.154 e. The molecule has 2 rings (SSSR count). The van der Waals surface area contributed by atoms with Gasteiger partial charge in [-0.05, 0) is 26.9 Å². The van der Waals surface area contributed by atoms with Crippen LogP contribution in [-0.2, 0) is 12.5 Å². The molecule has 0 radical (unpaired) electrons. The van der Waals surface area contributed by atoms with Crippen LogP contribution in [0.3, 0.4) is 0 Å². The second-order valence-corrected chi connectivity index (χ2v) is 6.32. The second kappa shape index (κ2) is 4.82. The van der Waals surface area contributed by atoms with Crippen molar-refractivity contribution >= 4 is 15.9 Å². The first-order valence-corrected chi connectivity index (χ1v) is 6.87. The summed E-state index contributed by atoms with van der Waals surface area (Å²) in [4.78, 5) is 4.40. The van der Waals surface area contributed by atoms with Crippen molar-refractivity contribution in [3.8, 4) is 17.5 Å². The molecule has 0 atom stereocenters. The highest BCUT2D eigenvalue weighted by atomic mass is 79.9. The van der Waals surface area contributed by atoms with Crippen LogP contribution in [0, 0.1) is 11.3 Å². The van der Waals surface area contributed by atoms with Crippen molar-refractivity contribution in [1.29, 1.82) is 5.26 Å². The number of nitrogens with zero attached hydrogens (tertiary/aromatic N) is 3. The van der Waals surface area contributed by atoms with Crippen molar-refractivity contribution in [2.45, 2.75) is 26.2 Å². The van der Waals surface area contributed by atoms with Crippen molar-refractivity contribution in [2.24, 2.45) is 7.05 Å². The number of hydrogen-bond donors (Lipinski definition) is 0. The molecule has 0 N–H and O–H groups in total. The lowest BCUT2D eigenvalue weighted by Gasteiger charge is -2.19. The van der Waals surface area contributed by atoms with Gasteiger partial charge in [-0.15, -0.1) is 0 Å². The number of aromatic nitrogens is 2. The Bertz CT molecular complexity index is 640. The average molecular weight is 318 g/mol. The predicted octanol–water partition coefficient (Wildman–Crippen LogP) is 4.02. The highest BCUT2D eigenvalue weighted by molar-refractivity contribution is 9.10. The Hall–Kier alpha value is -1.60. The molecule has 1 aromatic heterocycles. The van der Waals surface area contributed by atoms with E-state index in [9.17, 15) is 0 Å². The maximum Gasteiger partial charge on any atom is 0.154 e. The molecule has 0 amide bonds. The summed E-state index contributed by atoms with van der Waals surface area (Å²) in [6.45, 7) is 6.56. The Kier molecular flexibility index (Phi) is 3.51. The molecule has 0 aliphatic carbocycles. The van der Waals surface area contributed by atoms with Crippen molar-refractivity contribution in [2.75, 3.05) is 0 Å². The summed E-state index contributed by atoms with van der Waals surface area (Å²) in [5.41, 5.74) is 2.97. The van der Waals surface area contributed by atoms with Gasteiger partial charge in [0.15, 0.2) is 5.69 Å². The van der Waals surface area contributed by atoms with Gasteiger partial charge in [0.1, 0.15) is 16.5 Å². The van der Waals surface area contributed by atoms with Gasteiger partial charge >= 0.3 is 0 Å². The highest BCUT2D eigenvalue weighted by Crippen LogP contribution is 2.27. The lowest BCUT2D eigenvalue weighted by atomic mass is 9.87. The van der Waals surface area contributed by atoms with Gasteiger partial charge in [0.05, 0.1) is 0 Å². The summed E-state index contributed by atoms with van der Waals surface area (Å²) in [5.74, 6) is 0.795. The summed E-state index contributed by atoms with van der Waals surface area (Å²) in [6, 6.07) is 10.5. The Morgan fingerprint density at radius 2 is 1.79 bits per heavy atom. The van der Waals surface area contributed by atoms with Crippen LogP contribution in [-0.4, -0.2) is 9.55 Å². The molecule has 0 aliphatic heterocycles. The zero-order valence-electron chi connectivity index (χ0n) is 11.5. The fraction of sp³-hybridized carbons (Fsp3) is 0.333. The van der Waals surface area contributed by atoms with E-state index in [0.29, 0.717) is 10.3 Å². The van der Waals surface area contributed by atoms with Crippen molar-refractivity contribution < 1.29 is 0 Å². The van der Waals surface area contributed by atoms with Gasteiger partial charge in [0.2, 0.25) is 0 Å². The van der Waals surface area contributed by atoms with E-state index in [1.54, 1.807) is 4.57 Å². The van der Waals surface area contributed by atoms with E-state index in [1.807, 2.05) is 7.05 Å². The molecule has 0 aliphatic rings. The largest absolute Gasteiger partial charge is 0.318 e. The molecule has 4 heteroatoms. The third-order valence-electron chi connectivity index (χ3n) is 3.17. The van der Waals surface area contributed by atoms with Gasteiger partial charge in [0, 0.05) is 12.6 Å². The number of halogens is 1. The summed E-state index contributed by atoms with van der Waals surface area (Å²) in [5, 5.41) is 9.07. The van der Waals surface area contributed by atoms with Crippen LogP contribution in [0.25, 0.3) is 11.4 Å². The first-order valence-electron chi connectivity index (χ1n) is 6.08. The number of imidazole rings is 1. The highest BCUT2D eigenvalue weighted by Gasteiger charge is 2.16. The molecule has 1 aromatic carbocycles. The fourth-order valence-electron chi connectivity index (χ4n) is 1.96. The Labute approximate surface area is 122 Å². The minimum atomic E-state index is 0.137. The van der Waals surface area contributed by atoms with E-state index >= 15 is 0 Å². The van der Waals surface area contributed by atoms with Gasteiger partial charge in [0.25, 0.3) is 0 Å². The minimum Gasteiger partial charge on any atom is -0.318 e. The molecular weight excluding hydrogens is 302 g/mol. The van der Waals surface area contributed by atoms with E-state index < -0.39 is 0 Å². The van der Waals surface area contributed by atoms with E-state index in [4.69, 9.17) is 5.26 Å². The summed E-state index contributed by atoms with van der Waals surface area (Å²) >= 11 is 3.32. The maximum absolute atomic E-state index is 9.07. The van der Waals surface area contributed by atoms with Crippen LogP contribution in [0.5, 0.6) is 0 Å². The zero-order chi connectivity index (χ0) is 14.2. The van der Waals surface area contributed by atoms with Crippen LogP contribution in [0.15, 0.2) is 28.9 Å². The molecule has 2 aromatic rings. The van der Waals surface area contributed by atoms with Gasteiger partial charge in [-0.3, -0.25) is 0 Å². The van der Waals surface area contributed by atoms with Gasteiger partial charge in [-0.2, -0.15) is 5.26 Å². The first kappa shape index (κ1) is 13.8. The molecule has 0 unspecified atom stereocenters. The number of benzene rings is 1. The van der Waals surface area contributed by atoms with Crippen LogP contribution in [0.1, 0.15) is 32.0 Å². The number of nitriles is 1. The summed E-state index contributed by atoms with van der Waals surface area (Å²) in [7, 11) is 1.85. The molecule has 0 saturated carbocycles. The molecule has 0 fully saturated rings. The Morgan fingerprint density at radius 1 is 1.21 bits per heavy atom. The first-order chi connectivity index (χ1) is 8.84. The summed E-state index contributed by atoms with van der Waals surface area (Å²) in [6.07, 6.45) is 0. The molecular formula is C15H16BrN3. The van der Waals surface area contributed by atoms with Crippen LogP contribution in [0.2, 0.25) is 0 Å².